The van der Waals surface area contributed by atoms with Crippen molar-refractivity contribution >= 4 is 35.2 Å². The highest BCUT2D eigenvalue weighted by Gasteiger charge is 1.97. The first-order valence-corrected chi connectivity index (χ1v) is 5.20. The summed E-state index contributed by atoms with van der Waals surface area (Å²) in [6, 6.07) is 0. The van der Waals surface area contributed by atoms with E-state index in [0.29, 0.717) is 10.3 Å². The van der Waals surface area contributed by atoms with Gasteiger partial charge in [0, 0.05) is 0 Å². The Morgan fingerprint density at radius 1 is 1.58 bits per heavy atom. The minimum Gasteiger partial charge on any atom is -0.239 e. The topological polar surface area (TPSA) is 24.7 Å². The van der Waals surface area contributed by atoms with Crippen LogP contribution in [0.5, 0.6) is 0 Å². The van der Waals surface area contributed by atoms with Crippen LogP contribution < -0.4 is 0 Å². The van der Waals surface area contributed by atoms with Crippen LogP contribution in [0.4, 0.5) is 0 Å². The van der Waals surface area contributed by atoms with Crippen molar-refractivity contribution in [2.45, 2.75) is 20.3 Å². The molecule has 0 aliphatic heterocycles. The number of amidine groups is 1. The first-order chi connectivity index (χ1) is 5.65. The van der Waals surface area contributed by atoms with E-state index in [4.69, 9.17) is 11.6 Å². The van der Waals surface area contributed by atoms with Crippen LogP contribution in [-0.4, -0.2) is 18.1 Å². The fourth-order valence-electron chi connectivity index (χ4n) is 0.471. The van der Waals surface area contributed by atoms with E-state index in [1.165, 1.54) is 11.8 Å². The molecule has 0 heterocycles. The molecule has 0 aromatic carbocycles. The van der Waals surface area contributed by atoms with Crippen molar-refractivity contribution in [2.75, 3.05) is 6.26 Å². The molecule has 0 fully saturated rings. The number of halogens is 1. The van der Waals surface area contributed by atoms with Crippen LogP contribution in [-0.2, 0) is 0 Å². The SMILES string of the molecule is C=NC(=NC(Cl)=C(C)CC)SC. The lowest BCUT2D eigenvalue weighted by Crippen LogP contribution is -1.85. The normalized spacial score (nSPS) is 14.2. The van der Waals surface area contributed by atoms with Gasteiger partial charge in [-0.2, -0.15) is 0 Å². The third-order valence-electron chi connectivity index (χ3n) is 1.39. The Balaban J connectivity index is 4.60. The maximum absolute atomic E-state index is 5.87. The summed E-state index contributed by atoms with van der Waals surface area (Å²) in [6.07, 6.45) is 2.79. The average Bonchev–Trinajstić information content (AvgIpc) is 2.12. The summed E-state index contributed by atoms with van der Waals surface area (Å²) in [6.45, 7) is 7.37. The second-order valence-electron chi connectivity index (χ2n) is 2.18. The molecule has 0 unspecified atom stereocenters. The third-order valence-corrected chi connectivity index (χ3v) is 2.39. The molecular weight excluding hydrogens is 192 g/mol. The minimum atomic E-state index is 0.522. The molecule has 0 rings (SSSR count). The summed E-state index contributed by atoms with van der Waals surface area (Å²) in [4.78, 5) is 7.79. The number of aliphatic imine (C=N–C) groups is 2. The number of rotatable bonds is 2. The van der Waals surface area contributed by atoms with E-state index in [0.717, 1.165) is 12.0 Å². The largest absolute Gasteiger partial charge is 0.239 e. The van der Waals surface area contributed by atoms with E-state index in [9.17, 15) is 0 Å². The van der Waals surface area contributed by atoms with Gasteiger partial charge in [-0.05, 0) is 31.9 Å². The molecular formula is C8H13ClN2S. The van der Waals surface area contributed by atoms with Gasteiger partial charge < -0.3 is 0 Å². The zero-order valence-electron chi connectivity index (χ0n) is 7.59. The lowest BCUT2D eigenvalue weighted by molar-refractivity contribution is 1.08. The van der Waals surface area contributed by atoms with Crippen LogP contribution in [0.1, 0.15) is 20.3 Å². The van der Waals surface area contributed by atoms with Crippen LogP contribution >= 0.6 is 23.4 Å². The molecule has 0 aliphatic rings. The van der Waals surface area contributed by atoms with Gasteiger partial charge >= 0.3 is 0 Å². The fraction of sp³-hybridized carbons (Fsp3) is 0.500. The highest BCUT2D eigenvalue weighted by Crippen LogP contribution is 2.15. The van der Waals surface area contributed by atoms with Crippen molar-refractivity contribution in [1.29, 1.82) is 0 Å². The highest BCUT2D eigenvalue weighted by atomic mass is 35.5. The van der Waals surface area contributed by atoms with Crippen molar-refractivity contribution in [2.24, 2.45) is 9.98 Å². The zero-order chi connectivity index (χ0) is 9.56. The summed E-state index contributed by atoms with van der Waals surface area (Å²) >= 11 is 7.30. The lowest BCUT2D eigenvalue weighted by Gasteiger charge is -1.98. The average molecular weight is 205 g/mol. The molecule has 0 aliphatic carbocycles. The van der Waals surface area contributed by atoms with Crippen molar-refractivity contribution < 1.29 is 0 Å². The van der Waals surface area contributed by atoms with E-state index in [-0.39, 0.29) is 0 Å². The van der Waals surface area contributed by atoms with E-state index < -0.39 is 0 Å². The van der Waals surface area contributed by atoms with E-state index >= 15 is 0 Å². The Morgan fingerprint density at radius 3 is 2.50 bits per heavy atom. The molecule has 12 heavy (non-hydrogen) atoms. The Hall–Kier alpha value is -0.280. The number of hydrogen-bond donors (Lipinski definition) is 0. The Kier molecular flexibility index (Phi) is 6.11. The summed E-state index contributed by atoms with van der Waals surface area (Å²) in [7, 11) is 0. The molecule has 0 amide bonds. The maximum Gasteiger partial charge on any atom is 0.188 e. The van der Waals surface area contributed by atoms with E-state index in [1.54, 1.807) is 0 Å². The van der Waals surface area contributed by atoms with Gasteiger partial charge in [-0.15, -0.1) is 0 Å². The number of thioether (sulfide) groups is 1. The van der Waals surface area contributed by atoms with Gasteiger partial charge in [0.1, 0.15) is 5.16 Å². The van der Waals surface area contributed by atoms with Gasteiger partial charge in [0.15, 0.2) is 5.17 Å². The van der Waals surface area contributed by atoms with Crippen LogP contribution in [0, 0.1) is 0 Å². The van der Waals surface area contributed by atoms with Crippen molar-refractivity contribution in [3.63, 3.8) is 0 Å². The van der Waals surface area contributed by atoms with Gasteiger partial charge in [0.2, 0.25) is 0 Å². The number of hydrogen-bond acceptors (Lipinski definition) is 2. The standard InChI is InChI=1S/C8H13ClN2S/c1-5-6(2)7(9)11-8(10-3)12-4/h3,5H2,1-2,4H3. The molecule has 0 aromatic heterocycles. The first-order valence-electron chi connectivity index (χ1n) is 3.60. The Labute approximate surface area is 82.8 Å². The molecule has 0 spiro atoms. The smallest absolute Gasteiger partial charge is 0.188 e. The second kappa shape index (κ2) is 6.26. The summed E-state index contributed by atoms with van der Waals surface area (Å²) in [5.41, 5.74) is 1.06. The molecule has 0 atom stereocenters. The second-order valence-corrected chi connectivity index (χ2v) is 3.31. The molecule has 68 valence electrons. The minimum absolute atomic E-state index is 0.522. The molecule has 4 heteroatoms. The van der Waals surface area contributed by atoms with Crippen LogP contribution in [0.3, 0.4) is 0 Å². The zero-order valence-corrected chi connectivity index (χ0v) is 9.17. The molecule has 0 bridgehead atoms. The number of nitrogens with zero attached hydrogens (tertiary/aromatic N) is 2. The van der Waals surface area contributed by atoms with Crippen LogP contribution in [0.15, 0.2) is 20.7 Å². The van der Waals surface area contributed by atoms with E-state index in [1.807, 2.05) is 20.1 Å². The van der Waals surface area contributed by atoms with Gasteiger partial charge in [-0.1, -0.05) is 30.3 Å². The molecule has 0 aromatic rings. The maximum atomic E-state index is 5.87. The van der Waals surface area contributed by atoms with Crippen molar-refractivity contribution in [3.05, 3.63) is 10.7 Å². The molecule has 0 saturated carbocycles. The monoisotopic (exact) mass is 204 g/mol. The Bertz CT molecular complexity index is 221. The van der Waals surface area contributed by atoms with E-state index in [2.05, 4.69) is 16.7 Å². The van der Waals surface area contributed by atoms with Crippen molar-refractivity contribution in [3.8, 4) is 0 Å². The Morgan fingerprint density at radius 2 is 2.17 bits per heavy atom. The third kappa shape index (κ3) is 3.93. The van der Waals surface area contributed by atoms with Crippen LogP contribution in [0.2, 0.25) is 0 Å². The first kappa shape index (κ1) is 11.7. The van der Waals surface area contributed by atoms with Crippen molar-refractivity contribution in [1.82, 2.24) is 0 Å². The van der Waals surface area contributed by atoms with Gasteiger partial charge in [-0.3, -0.25) is 0 Å². The van der Waals surface area contributed by atoms with Gasteiger partial charge in [0.25, 0.3) is 0 Å². The fourth-order valence-corrected chi connectivity index (χ4v) is 1.05. The van der Waals surface area contributed by atoms with Crippen LogP contribution in [0.25, 0.3) is 0 Å². The lowest BCUT2D eigenvalue weighted by atomic mass is 10.3. The predicted molar refractivity (Wildman–Crippen MR) is 59.3 cm³/mol. The summed E-state index contributed by atoms with van der Waals surface area (Å²) < 4.78 is 0. The molecule has 0 radical (unpaired) electrons. The van der Waals surface area contributed by atoms with Gasteiger partial charge in [-0.25, -0.2) is 9.98 Å². The molecule has 2 nitrogen and oxygen atoms in total. The predicted octanol–water partition coefficient (Wildman–Crippen LogP) is 3.29. The number of allylic oxidation sites excluding steroid dienone is 1. The molecule has 0 N–H and O–H groups in total. The highest BCUT2D eigenvalue weighted by molar-refractivity contribution is 8.13. The summed E-state index contributed by atoms with van der Waals surface area (Å²) in [5.74, 6) is 0. The quantitative estimate of drug-likeness (QED) is 0.385. The van der Waals surface area contributed by atoms with Gasteiger partial charge in [0.05, 0.1) is 0 Å². The summed E-state index contributed by atoms with van der Waals surface area (Å²) in [5, 5.41) is 1.13. The molecule has 0 saturated heterocycles.